The average Bonchev–Trinajstić information content (AvgIpc) is 2.17. The Hall–Kier alpha value is -1.85. The van der Waals surface area contributed by atoms with Gasteiger partial charge in [0.25, 0.3) is 0 Å². The molecule has 0 bridgehead atoms. The van der Waals surface area contributed by atoms with Crippen molar-refractivity contribution in [1.82, 2.24) is 4.98 Å². The van der Waals surface area contributed by atoms with Crippen LogP contribution in [0.4, 0.5) is 17.3 Å². The normalized spacial score (nSPS) is 12.1. The molecule has 0 radical (unpaired) electrons. The second-order valence-corrected chi connectivity index (χ2v) is 3.31. The Morgan fingerprint density at radius 1 is 1.67 bits per heavy atom. The third kappa shape index (κ3) is 2.80. The maximum absolute atomic E-state index is 10.7. The molecule has 15 heavy (non-hydrogen) atoms. The van der Waals surface area contributed by atoms with E-state index in [-0.39, 0.29) is 23.4 Å². The van der Waals surface area contributed by atoms with Crippen molar-refractivity contribution in [1.29, 1.82) is 0 Å². The number of nitrogens with zero attached hydrogens (tertiary/aromatic N) is 2. The SMILES string of the molecule is CCC(C)Nc1nc(N)ccc1[N+](=O)[O-]. The minimum Gasteiger partial charge on any atom is -0.384 e. The molecule has 0 fully saturated rings. The zero-order valence-electron chi connectivity index (χ0n) is 8.73. The highest BCUT2D eigenvalue weighted by molar-refractivity contribution is 5.59. The first-order valence-electron chi connectivity index (χ1n) is 4.72. The largest absolute Gasteiger partial charge is 0.384 e. The molecule has 1 aromatic heterocycles. The summed E-state index contributed by atoms with van der Waals surface area (Å²) in [6.45, 7) is 3.91. The number of pyridine rings is 1. The highest BCUT2D eigenvalue weighted by Crippen LogP contribution is 2.23. The molecule has 1 heterocycles. The van der Waals surface area contributed by atoms with Crippen molar-refractivity contribution in [3.05, 3.63) is 22.2 Å². The number of hydrogen-bond acceptors (Lipinski definition) is 5. The van der Waals surface area contributed by atoms with Crippen molar-refractivity contribution in [3.63, 3.8) is 0 Å². The summed E-state index contributed by atoms with van der Waals surface area (Å²) in [7, 11) is 0. The molecule has 1 aromatic rings. The fourth-order valence-corrected chi connectivity index (χ4v) is 1.06. The van der Waals surface area contributed by atoms with Gasteiger partial charge in [-0.25, -0.2) is 4.98 Å². The molecule has 0 saturated carbocycles. The van der Waals surface area contributed by atoms with E-state index in [9.17, 15) is 10.1 Å². The lowest BCUT2D eigenvalue weighted by atomic mass is 10.2. The van der Waals surface area contributed by atoms with Crippen LogP contribution in [0.5, 0.6) is 0 Å². The van der Waals surface area contributed by atoms with E-state index in [0.29, 0.717) is 0 Å². The number of anilines is 2. The molecule has 1 atom stereocenters. The number of nitro groups is 1. The van der Waals surface area contributed by atoms with E-state index < -0.39 is 4.92 Å². The fraction of sp³-hybridized carbons (Fsp3) is 0.444. The van der Waals surface area contributed by atoms with Crippen molar-refractivity contribution in [2.75, 3.05) is 11.1 Å². The van der Waals surface area contributed by atoms with Crippen LogP contribution in [0.25, 0.3) is 0 Å². The second kappa shape index (κ2) is 4.59. The molecule has 0 spiro atoms. The number of nitrogens with two attached hydrogens (primary N) is 1. The topological polar surface area (TPSA) is 94.1 Å². The number of rotatable bonds is 4. The van der Waals surface area contributed by atoms with Crippen molar-refractivity contribution in [2.24, 2.45) is 0 Å². The molecule has 0 aliphatic rings. The van der Waals surface area contributed by atoms with Crippen LogP contribution in [0.2, 0.25) is 0 Å². The lowest BCUT2D eigenvalue weighted by Gasteiger charge is -2.12. The zero-order chi connectivity index (χ0) is 11.4. The maximum atomic E-state index is 10.7. The van der Waals surface area contributed by atoms with Gasteiger partial charge in [0.15, 0.2) is 0 Å². The van der Waals surface area contributed by atoms with Gasteiger partial charge in [-0.3, -0.25) is 10.1 Å². The van der Waals surface area contributed by atoms with Gasteiger partial charge in [-0.1, -0.05) is 6.92 Å². The third-order valence-corrected chi connectivity index (χ3v) is 2.09. The molecule has 82 valence electrons. The van der Waals surface area contributed by atoms with Gasteiger partial charge < -0.3 is 11.1 Å². The molecule has 0 saturated heterocycles. The van der Waals surface area contributed by atoms with Crippen molar-refractivity contribution < 1.29 is 4.92 Å². The Labute approximate surface area is 87.7 Å². The van der Waals surface area contributed by atoms with Gasteiger partial charge >= 0.3 is 5.69 Å². The summed E-state index contributed by atoms with van der Waals surface area (Å²) in [4.78, 5) is 14.1. The van der Waals surface area contributed by atoms with Crippen molar-refractivity contribution in [3.8, 4) is 0 Å². The predicted molar refractivity (Wildman–Crippen MR) is 58.7 cm³/mol. The molecule has 0 aromatic carbocycles. The monoisotopic (exact) mass is 210 g/mol. The Balaban J connectivity index is 3.02. The van der Waals surface area contributed by atoms with E-state index in [4.69, 9.17) is 5.73 Å². The molecular weight excluding hydrogens is 196 g/mol. The summed E-state index contributed by atoms with van der Waals surface area (Å²) in [5.74, 6) is 0.501. The number of nitrogen functional groups attached to an aromatic ring is 1. The van der Waals surface area contributed by atoms with Gasteiger partial charge in [-0.05, 0) is 19.4 Å². The molecule has 6 nitrogen and oxygen atoms in total. The molecule has 0 amide bonds. The summed E-state index contributed by atoms with van der Waals surface area (Å²) in [5, 5.41) is 13.6. The Bertz CT molecular complexity index is 367. The first-order valence-corrected chi connectivity index (χ1v) is 4.72. The van der Waals surface area contributed by atoms with Gasteiger partial charge in [0.1, 0.15) is 5.82 Å². The van der Waals surface area contributed by atoms with Crippen LogP contribution in [-0.2, 0) is 0 Å². The summed E-state index contributed by atoms with van der Waals surface area (Å²) < 4.78 is 0. The van der Waals surface area contributed by atoms with Crippen molar-refractivity contribution >= 4 is 17.3 Å². The van der Waals surface area contributed by atoms with Crippen LogP contribution >= 0.6 is 0 Å². The lowest BCUT2D eigenvalue weighted by Crippen LogP contribution is -2.16. The smallest absolute Gasteiger partial charge is 0.311 e. The zero-order valence-corrected chi connectivity index (χ0v) is 8.73. The van der Waals surface area contributed by atoms with E-state index in [1.165, 1.54) is 12.1 Å². The molecule has 6 heteroatoms. The summed E-state index contributed by atoms with van der Waals surface area (Å²) in [5.41, 5.74) is 5.42. The summed E-state index contributed by atoms with van der Waals surface area (Å²) in [6.07, 6.45) is 0.855. The Kier molecular flexibility index (Phi) is 3.43. The second-order valence-electron chi connectivity index (χ2n) is 3.31. The first-order chi connectivity index (χ1) is 7.04. The quantitative estimate of drug-likeness (QED) is 0.583. The fourth-order valence-electron chi connectivity index (χ4n) is 1.06. The highest BCUT2D eigenvalue weighted by atomic mass is 16.6. The summed E-state index contributed by atoms with van der Waals surface area (Å²) in [6, 6.07) is 2.89. The maximum Gasteiger partial charge on any atom is 0.311 e. The number of aromatic nitrogens is 1. The lowest BCUT2D eigenvalue weighted by molar-refractivity contribution is -0.384. The van der Waals surface area contributed by atoms with Crippen LogP contribution in [0, 0.1) is 10.1 Å². The summed E-state index contributed by atoms with van der Waals surface area (Å²) >= 11 is 0. The van der Waals surface area contributed by atoms with Gasteiger partial charge in [-0.2, -0.15) is 0 Å². The third-order valence-electron chi connectivity index (χ3n) is 2.09. The van der Waals surface area contributed by atoms with Crippen LogP contribution < -0.4 is 11.1 Å². The Morgan fingerprint density at radius 3 is 2.87 bits per heavy atom. The van der Waals surface area contributed by atoms with E-state index in [1.54, 1.807) is 0 Å². The number of hydrogen-bond donors (Lipinski definition) is 2. The van der Waals surface area contributed by atoms with Gasteiger partial charge in [-0.15, -0.1) is 0 Å². The molecule has 0 aliphatic carbocycles. The van der Waals surface area contributed by atoms with Crippen molar-refractivity contribution in [2.45, 2.75) is 26.3 Å². The van der Waals surface area contributed by atoms with E-state index >= 15 is 0 Å². The first kappa shape index (κ1) is 11.2. The van der Waals surface area contributed by atoms with E-state index in [2.05, 4.69) is 10.3 Å². The minimum absolute atomic E-state index is 0.0514. The van der Waals surface area contributed by atoms with Gasteiger partial charge in [0.2, 0.25) is 5.82 Å². The van der Waals surface area contributed by atoms with Crippen LogP contribution in [-0.4, -0.2) is 15.9 Å². The minimum atomic E-state index is -0.475. The molecule has 1 unspecified atom stereocenters. The standard InChI is InChI=1S/C9H14N4O2/c1-3-6(2)11-9-7(13(14)15)4-5-8(10)12-9/h4-6H,3H2,1-2H3,(H3,10,11,12). The molecule has 3 N–H and O–H groups in total. The molecule has 1 rings (SSSR count). The average molecular weight is 210 g/mol. The molecular formula is C9H14N4O2. The van der Waals surface area contributed by atoms with E-state index in [0.717, 1.165) is 6.42 Å². The van der Waals surface area contributed by atoms with Crippen LogP contribution in [0.1, 0.15) is 20.3 Å². The Morgan fingerprint density at radius 2 is 2.33 bits per heavy atom. The molecule has 0 aliphatic heterocycles. The predicted octanol–water partition coefficient (Wildman–Crippen LogP) is 1.78. The number of nitrogens with one attached hydrogen (secondary N) is 1. The van der Waals surface area contributed by atoms with Crippen LogP contribution in [0.15, 0.2) is 12.1 Å². The van der Waals surface area contributed by atoms with Gasteiger partial charge in [0, 0.05) is 12.1 Å². The van der Waals surface area contributed by atoms with Gasteiger partial charge in [0.05, 0.1) is 4.92 Å². The van der Waals surface area contributed by atoms with E-state index in [1.807, 2.05) is 13.8 Å². The van der Waals surface area contributed by atoms with Crippen LogP contribution in [0.3, 0.4) is 0 Å². The highest BCUT2D eigenvalue weighted by Gasteiger charge is 2.16.